The lowest BCUT2D eigenvalue weighted by Crippen LogP contribution is -2.17. The fourth-order valence-corrected chi connectivity index (χ4v) is 2.38. The quantitative estimate of drug-likeness (QED) is 0.378. The molecule has 1 amide bonds. The molecule has 1 fully saturated rings. The molecule has 1 N–H and O–H groups in total. The monoisotopic (exact) mass is 281 g/mol. The van der Waals surface area contributed by atoms with E-state index in [1.807, 2.05) is 0 Å². The van der Waals surface area contributed by atoms with E-state index in [0.29, 0.717) is 14.8 Å². The molecule has 1 aromatic carbocycles. The molecule has 0 atom stereocenters. The van der Waals surface area contributed by atoms with E-state index in [1.165, 1.54) is 12.1 Å². The van der Waals surface area contributed by atoms with Crippen LogP contribution in [0.1, 0.15) is 5.56 Å². The summed E-state index contributed by atoms with van der Waals surface area (Å²) in [7, 11) is 0. The Kier molecular flexibility index (Phi) is 3.30. The van der Waals surface area contributed by atoms with Crippen molar-refractivity contribution in [3.8, 4) is 5.75 Å². The van der Waals surface area contributed by atoms with Crippen molar-refractivity contribution in [3.05, 3.63) is 38.8 Å². The van der Waals surface area contributed by atoms with E-state index in [4.69, 9.17) is 12.2 Å². The Morgan fingerprint density at radius 3 is 2.72 bits per heavy atom. The van der Waals surface area contributed by atoms with Gasteiger partial charge in [0.1, 0.15) is 4.32 Å². The van der Waals surface area contributed by atoms with Crippen LogP contribution in [0.2, 0.25) is 0 Å². The summed E-state index contributed by atoms with van der Waals surface area (Å²) in [6.45, 7) is 0. The molecule has 0 aromatic heterocycles. The van der Waals surface area contributed by atoms with Crippen molar-refractivity contribution >= 4 is 46.0 Å². The number of thiocarbonyl (C=S) groups is 1. The maximum Gasteiger partial charge on any atom is 0.263 e. The summed E-state index contributed by atoms with van der Waals surface area (Å²) in [6, 6.07) is 3.64. The standard InChI is InChI=1S/C10H6N2O4S2/c13-7-2-1-5(3-6(7)12(15)16)4-8-9(14)11-10(17)18-8/h1-4,13H,(H,11,14,17)/p-1/b8-4+. The van der Waals surface area contributed by atoms with Crippen molar-refractivity contribution in [1.82, 2.24) is 5.32 Å². The zero-order valence-electron chi connectivity index (χ0n) is 8.71. The van der Waals surface area contributed by atoms with Crippen LogP contribution in [0.3, 0.4) is 0 Å². The van der Waals surface area contributed by atoms with Crippen molar-refractivity contribution in [2.45, 2.75) is 0 Å². The number of nitro groups is 1. The lowest BCUT2D eigenvalue weighted by molar-refractivity contribution is -0.398. The largest absolute Gasteiger partial charge is 0.868 e. The second kappa shape index (κ2) is 4.75. The van der Waals surface area contributed by atoms with Gasteiger partial charge in [-0.05, 0) is 17.4 Å². The molecule has 1 heterocycles. The number of nitro benzene ring substituents is 1. The van der Waals surface area contributed by atoms with Gasteiger partial charge in [-0.25, -0.2) is 0 Å². The summed E-state index contributed by atoms with van der Waals surface area (Å²) in [5.41, 5.74) is -0.112. The number of carbonyl (C=O) groups is 1. The fraction of sp³-hybridized carbons (Fsp3) is 0. The first-order valence-corrected chi connectivity index (χ1v) is 5.90. The second-order valence-corrected chi connectivity index (χ2v) is 5.06. The number of amides is 1. The highest BCUT2D eigenvalue weighted by Gasteiger charge is 2.22. The Balaban J connectivity index is 2.38. The zero-order chi connectivity index (χ0) is 13.3. The Bertz CT molecular complexity index is 598. The molecule has 0 aliphatic carbocycles. The van der Waals surface area contributed by atoms with Gasteiger partial charge in [0, 0.05) is 6.07 Å². The van der Waals surface area contributed by atoms with Crippen LogP contribution >= 0.6 is 24.0 Å². The maximum atomic E-state index is 11.4. The van der Waals surface area contributed by atoms with E-state index in [-0.39, 0.29) is 5.91 Å². The number of hydrogen-bond donors (Lipinski definition) is 1. The first-order valence-electron chi connectivity index (χ1n) is 4.67. The van der Waals surface area contributed by atoms with E-state index in [9.17, 15) is 20.0 Å². The Morgan fingerprint density at radius 2 is 2.17 bits per heavy atom. The minimum Gasteiger partial charge on any atom is -0.868 e. The first kappa shape index (κ1) is 12.5. The fourth-order valence-electron chi connectivity index (χ4n) is 1.34. The number of nitrogens with one attached hydrogen (secondary N) is 1. The van der Waals surface area contributed by atoms with Gasteiger partial charge >= 0.3 is 0 Å². The van der Waals surface area contributed by atoms with Crippen molar-refractivity contribution in [3.63, 3.8) is 0 Å². The van der Waals surface area contributed by atoms with Gasteiger partial charge in [-0.2, -0.15) is 0 Å². The normalized spacial score (nSPS) is 17.0. The van der Waals surface area contributed by atoms with E-state index < -0.39 is 16.4 Å². The van der Waals surface area contributed by atoms with Gasteiger partial charge in [0.2, 0.25) is 0 Å². The van der Waals surface area contributed by atoms with Crippen molar-refractivity contribution in [1.29, 1.82) is 0 Å². The summed E-state index contributed by atoms with van der Waals surface area (Å²) < 4.78 is 0.334. The molecule has 0 saturated carbocycles. The average molecular weight is 281 g/mol. The molecule has 6 nitrogen and oxygen atoms in total. The van der Waals surface area contributed by atoms with Crippen LogP contribution in [0.25, 0.3) is 6.08 Å². The Hall–Kier alpha value is -1.93. The summed E-state index contributed by atoms with van der Waals surface area (Å²) >= 11 is 5.88. The van der Waals surface area contributed by atoms with Gasteiger partial charge in [0.15, 0.2) is 0 Å². The van der Waals surface area contributed by atoms with Crippen molar-refractivity contribution < 1.29 is 14.8 Å². The van der Waals surface area contributed by atoms with Crippen LogP contribution in [0, 0.1) is 10.1 Å². The summed E-state index contributed by atoms with van der Waals surface area (Å²) in [4.78, 5) is 21.6. The summed E-state index contributed by atoms with van der Waals surface area (Å²) in [5, 5.41) is 24.2. The van der Waals surface area contributed by atoms with Gasteiger partial charge < -0.3 is 10.4 Å². The Labute approximate surface area is 111 Å². The van der Waals surface area contributed by atoms with Crippen molar-refractivity contribution in [2.24, 2.45) is 0 Å². The third kappa shape index (κ3) is 2.49. The van der Waals surface area contributed by atoms with Crippen LogP contribution in [-0.4, -0.2) is 15.2 Å². The Morgan fingerprint density at radius 1 is 1.44 bits per heavy atom. The molecule has 0 spiro atoms. The van der Waals surface area contributed by atoms with Crippen LogP contribution in [-0.2, 0) is 4.79 Å². The van der Waals surface area contributed by atoms with Crippen LogP contribution in [0.4, 0.5) is 5.69 Å². The lowest BCUT2D eigenvalue weighted by Gasteiger charge is -2.06. The third-order valence-corrected chi connectivity index (χ3v) is 3.28. The third-order valence-electron chi connectivity index (χ3n) is 2.12. The smallest absolute Gasteiger partial charge is 0.263 e. The SMILES string of the molecule is O=C1NC(=S)S/C1=C/c1ccc([O-])c([N+](=O)[O-])c1. The van der Waals surface area contributed by atoms with Crippen LogP contribution in [0.15, 0.2) is 23.1 Å². The first-order chi connectivity index (χ1) is 8.47. The maximum absolute atomic E-state index is 11.4. The highest BCUT2D eigenvalue weighted by atomic mass is 32.2. The molecule has 0 radical (unpaired) electrons. The van der Waals surface area contributed by atoms with Crippen molar-refractivity contribution in [2.75, 3.05) is 0 Å². The van der Waals surface area contributed by atoms with Gasteiger partial charge in [0.25, 0.3) is 11.6 Å². The minimum atomic E-state index is -0.753. The predicted molar refractivity (Wildman–Crippen MR) is 68.9 cm³/mol. The molecule has 1 aromatic rings. The lowest BCUT2D eigenvalue weighted by atomic mass is 10.1. The van der Waals surface area contributed by atoms with Crippen LogP contribution < -0.4 is 10.4 Å². The number of benzene rings is 1. The number of thioether (sulfide) groups is 1. The van der Waals surface area contributed by atoms with Crippen LogP contribution in [0.5, 0.6) is 5.75 Å². The van der Waals surface area contributed by atoms with E-state index in [1.54, 1.807) is 0 Å². The number of rotatable bonds is 2. The number of hydrogen-bond acceptors (Lipinski definition) is 6. The summed E-state index contributed by atoms with van der Waals surface area (Å²) in [5.74, 6) is -1.01. The second-order valence-electron chi connectivity index (χ2n) is 3.34. The van der Waals surface area contributed by atoms with Gasteiger partial charge in [-0.15, -0.1) is 0 Å². The molecule has 0 unspecified atom stereocenters. The molecule has 0 bridgehead atoms. The average Bonchev–Trinajstić information content (AvgIpc) is 2.60. The van der Waals surface area contributed by atoms with Gasteiger partial charge in [-0.3, -0.25) is 14.9 Å². The minimum absolute atomic E-state index is 0.334. The highest BCUT2D eigenvalue weighted by molar-refractivity contribution is 8.26. The molecule has 1 saturated heterocycles. The molecular weight excluding hydrogens is 276 g/mol. The predicted octanol–water partition coefficient (Wildman–Crippen LogP) is 1.16. The molecule has 1 aliphatic rings. The van der Waals surface area contributed by atoms with E-state index in [0.717, 1.165) is 23.9 Å². The molecular formula is C10H5N2O4S2-. The van der Waals surface area contributed by atoms with E-state index >= 15 is 0 Å². The number of nitrogens with zero attached hydrogens (tertiary/aromatic N) is 1. The molecule has 92 valence electrons. The highest BCUT2D eigenvalue weighted by Crippen LogP contribution is 2.29. The topological polar surface area (TPSA) is 95.3 Å². The van der Waals surface area contributed by atoms with Gasteiger partial charge in [0.05, 0.1) is 9.83 Å². The molecule has 2 rings (SSSR count). The summed E-state index contributed by atoms with van der Waals surface area (Å²) in [6.07, 6.45) is 1.45. The molecule has 8 heteroatoms. The number of carbonyl (C=O) groups excluding carboxylic acids is 1. The van der Waals surface area contributed by atoms with E-state index in [2.05, 4.69) is 5.32 Å². The molecule has 18 heavy (non-hydrogen) atoms. The molecule has 1 aliphatic heterocycles. The van der Waals surface area contributed by atoms with Gasteiger partial charge in [-0.1, -0.05) is 36.1 Å². The zero-order valence-corrected chi connectivity index (χ0v) is 10.3.